The third kappa shape index (κ3) is 3.05. The Labute approximate surface area is 124 Å². The van der Waals surface area contributed by atoms with E-state index in [-0.39, 0.29) is 17.9 Å². The van der Waals surface area contributed by atoms with Gasteiger partial charge in [-0.2, -0.15) is 0 Å². The van der Waals surface area contributed by atoms with Crippen LogP contribution in [0.5, 0.6) is 0 Å². The largest absolute Gasteiger partial charge is 0.384 e. The number of fused-ring (bicyclic) bond motifs is 1. The number of hydrogen-bond acceptors (Lipinski definition) is 3. The molecule has 3 rings (SSSR count). The highest BCUT2D eigenvalue weighted by Gasteiger charge is 2.24. The molecule has 2 aromatic rings. The number of hydrogen-bond donors (Lipinski definition) is 2. The van der Waals surface area contributed by atoms with E-state index in [1.54, 1.807) is 6.20 Å². The molecule has 1 aliphatic heterocycles. The lowest BCUT2D eigenvalue weighted by atomic mass is 9.97. The summed E-state index contributed by atoms with van der Waals surface area (Å²) in [6.45, 7) is 2.78. The van der Waals surface area contributed by atoms with E-state index < -0.39 is 0 Å². The van der Waals surface area contributed by atoms with Crippen LogP contribution in [0.4, 0.5) is 5.69 Å². The summed E-state index contributed by atoms with van der Waals surface area (Å²) in [7, 11) is 0. The number of para-hydroxylation sites is 1. The Balaban J connectivity index is 1.61. The first kappa shape index (κ1) is 13.6. The Kier molecular flexibility index (Phi) is 3.86. The second-order valence-corrected chi connectivity index (χ2v) is 5.41. The first-order chi connectivity index (χ1) is 10.2. The second-order valence-electron chi connectivity index (χ2n) is 5.41. The Morgan fingerprint density at radius 2 is 2.14 bits per heavy atom. The van der Waals surface area contributed by atoms with Gasteiger partial charge in [-0.3, -0.25) is 9.78 Å². The van der Waals surface area contributed by atoms with Crippen LogP contribution in [0.2, 0.25) is 0 Å². The van der Waals surface area contributed by atoms with Gasteiger partial charge in [-0.25, -0.2) is 0 Å². The third-order valence-corrected chi connectivity index (χ3v) is 3.88. The maximum atomic E-state index is 12.2. The van der Waals surface area contributed by atoms with Crippen molar-refractivity contribution in [2.75, 3.05) is 11.9 Å². The van der Waals surface area contributed by atoms with Crippen LogP contribution in [-0.2, 0) is 4.79 Å². The highest BCUT2D eigenvalue weighted by atomic mass is 16.1. The van der Waals surface area contributed by atoms with Gasteiger partial charge in [-0.1, -0.05) is 24.3 Å². The molecular weight excluding hydrogens is 262 g/mol. The summed E-state index contributed by atoms with van der Waals surface area (Å²) in [6.07, 6.45) is 2.25. The van der Waals surface area contributed by atoms with E-state index in [4.69, 9.17) is 0 Å². The average molecular weight is 281 g/mol. The molecule has 0 saturated carbocycles. The Hall–Kier alpha value is -2.36. The van der Waals surface area contributed by atoms with E-state index in [0.29, 0.717) is 6.42 Å². The lowest BCUT2D eigenvalue weighted by molar-refractivity contribution is -0.122. The fourth-order valence-corrected chi connectivity index (χ4v) is 2.77. The van der Waals surface area contributed by atoms with Crippen molar-refractivity contribution in [2.24, 2.45) is 0 Å². The fraction of sp³-hybridized carbons (Fsp3) is 0.294. The Morgan fingerprint density at radius 1 is 1.33 bits per heavy atom. The van der Waals surface area contributed by atoms with Crippen molar-refractivity contribution >= 4 is 11.6 Å². The lowest BCUT2D eigenvalue weighted by Gasteiger charge is -2.15. The maximum Gasteiger partial charge on any atom is 0.221 e. The van der Waals surface area contributed by atoms with Crippen molar-refractivity contribution in [3.8, 4) is 0 Å². The lowest BCUT2D eigenvalue weighted by Crippen LogP contribution is -2.28. The van der Waals surface area contributed by atoms with Gasteiger partial charge in [0.05, 0.1) is 11.7 Å². The van der Waals surface area contributed by atoms with Crippen LogP contribution >= 0.6 is 0 Å². The van der Waals surface area contributed by atoms with E-state index in [1.165, 1.54) is 5.56 Å². The van der Waals surface area contributed by atoms with Crippen molar-refractivity contribution in [2.45, 2.75) is 25.3 Å². The minimum Gasteiger partial charge on any atom is -0.384 e. The quantitative estimate of drug-likeness (QED) is 0.906. The number of amides is 1. The van der Waals surface area contributed by atoms with Crippen LogP contribution in [-0.4, -0.2) is 17.4 Å². The molecule has 0 bridgehead atoms. The number of nitrogens with zero attached hydrogens (tertiary/aromatic N) is 1. The molecule has 1 aromatic carbocycles. The van der Waals surface area contributed by atoms with Crippen molar-refractivity contribution in [3.63, 3.8) is 0 Å². The van der Waals surface area contributed by atoms with E-state index >= 15 is 0 Å². The van der Waals surface area contributed by atoms with Crippen molar-refractivity contribution in [1.82, 2.24) is 10.3 Å². The van der Waals surface area contributed by atoms with Gasteiger partial charge in [-0.05, 0) is 30.7 Å². The molecule has 1 aromatic heterocycles. The number of carbonyl (C=O) groups excluding carboxylic acids is 1. The molecule has 0 fully saturated rings. The normalized spacial score (nSPS) is 17.7. The number of aromatic nitrogens is 1. The third-order valence-electron chi connectivity index (χ3n) is 3.88. The number of anilines is 1. The zero-order valence-corrected chi connectivity index (χ0v) is 12.0. The highest BCUT2D eigenvalue weighted by molar-refractivity contribution is 5.78. The number of nitrogens with one attached hydrogen (secondary N) is 2. The summed E-state index contributed by atoms with van der Waals surface area (Å²) in [5.74, 6) is 0.314. The standard InChI is InChI=1S/C17H19N3O/c1-12(15-7-4-5-9-18-15)20-17(21)10-13-11-19-16-8-3-2-6-14(13)16/h2-9,12-13,19H,10-11H2,1H3,(H,20,21)/t12-,13?/m0/s1. The molecule has 0 radical (unpaired) electrons. The molecule has 4 heteroatoms. The molecule has 2 N–H and O–H groups in total. The van der Waals surface area contributed by atoms with Gasteiger partial charge in [0.25, 0.3) is 0 Å². The Morgan fingerprint density at radius 3 is 2.95 bits per heavy atom. The molecule has 0 aliphatic carbocycles. The van der Waals surface area contributed by atoms with Gasteiger partial charge in [0.1, 0.15) is 0 Å². The summed E-state index contributed by atoms with van der Waals surface area (Å²) in [4.78, 5) is 16.5. The SMILES string of the molecule is C[C@H](NC(=O)CC1CNc2ccccc21)c1ccccn1. The molecule has 0 saturated heterocycles. The van der Waals surface area contributed by atoms with Crippen LogP contribution in [0, 0.1) is 0 Å². The number of rotatable bonds is 4. The predicted molar refractivity (Wildman–Crippen MR) is 83.1 cm³/mol. The zero-order valence-electron chi connectivity index (χ0n) is 12.0. The van der Waals surface area contributed by atoms with Crippen LogP contribution in [0.3, 0.4) is 0 Å². The number of carbonyl (C=O) groups is 1. The molecule has 2 atom stereocenters. The smallest absolute Gasteiger partial charge is 0.221 e. The van der Waals surface area contributed by atoms with Crippen LogP contribution in [0.1, 0.15) is 36.6 Å². The van der Waals surface area contributed by atoms with Crippen LogP contribution < -0.4 is 10.6 Å². The molecule has 2 heterocycles. The van der Waals surface area contributed by atoms with Crippen molar-refractivity contribution in [1.29, 1.82) is 0 Å². The van der Waals surface area contributed by atoms with Crippen molar-refractivity contribution in [3.05, 3.63) is 59.9 Å². The molecule has 108 valence electrons. The van der Waals surface area contributed by atoms with Gasteiger partial charge in [-0.15, -0.1) is 0 Å². The summed E-state index contributed by atoms with van der Waals surface area (Å²) < 4.78 is 0. The first-order valence-corrected chi connectivity index (χ1v) is 7.27. The summed E-state index contributed by atoms with van der Waals surface area (Å²) in [6, 6.07) is 13.9. The average Bonchev–Trinajstić information content (AvgIpc) is 2.91. The van der Waals surface area contributed by atoms with E-state index in [9.17, 15) is 4.79 Å². The van der Waals surface area contributed by atoms with Crippen LogP contribution in [0.25, 0.3) is 0 Å². The summed E-state index contributed by atoms with van der Waals surface area (Å²) >= 11 is 0. The van der Waals surface area contributed by atoms with Gasteiger partial charge in [0.15, 0.2) is 0 Å². The second kappa shape index (κ2) is 5.95. The molecule has 0 spiro atoms. The molecule has 1 aliphatic rings. The number of benzene rings is 1. The monoisotopic (exact) mass is 281 g/mol. The summed E-state index contributed by atoms with van der Waals surface area (Å²) in [5, 5.41) is 6.37. The minimum absolute atomic E-state index is 0.0663. The molecular formula is C17H19N3O. The van der Waals surface area contributed by atoms with E-state index in [0.717, 1.165) is 17.9 Å². The van der Waals surface area contributed by atoms with E-state index in [2.05, 4.69) is 27.8 Å². The molecule has 21 heavy (non-hydrogen) atoms. The molecule has 4 nitrogen and oxygen atoms in total. The van der Waals surface area contributed by atoms with Gasteiger partial charge in [0, 0.05) is 30.8 Å². The minimum atomic E-state index is -0.0664. The summed E-state index contributed by atoms with van der Waals surface area (Å²) in [5.41, 5.74) is 3.27. The van der Waals surface area contributed by atoms with Crippen LogP contribution in [0.15, 0.2) is 48.7 Å². The Bertz CT molecular complexity index is 627. The van der Waals surface area contributed by atoms with Gasteiger partial charge < -0.3 is 10.6 Å². The zero-order chi connectivity index (χ0) is 14.7. The fourth-order valence-electron chi connectivity index (χ4n) is 2.77. The first-order valence-electron chi connectivity index (χ1n) is 7.27. The molecule has 1 amide bonds. The molecule has 1 unspecified atom stereocenters. The number of pyridine rings is 1. The van der Waals surface area contributed by atoms with Gasteiger partial charge in [0.2, 0.25) is 5.91 Å². The van der Waals surface area contributed by atoms with E-state index in [1.807, 2.05) is 37.3 Å². The predicted octanol–water partition coefficient (Wildman–Crippen LogP) is 2.86. The van der Waals surface area contributed by atoms with Crippen molar-refractivity contribution < 1.29 is 4.79 Å². The topological polar surface area (TPSA) is 54.0 Å². The maximum absolute atomic E-state index is 12.2. The highest BCUT2D eigenvalue weighted by Crippen LogP contribution is 2.33. The van der Waals surface area contributed by atoms with Gasteiger partial charge >= 0.3 is 0 Å².